The van der Waals surface area contributed by atoms with Crippen LogP contribution in [0.2, 0.25) is 0 Å². The molecule has 2 heterocycles. The number of anilines is 1. The molecule has 5 heteroatoms. The van der Waals surface area contributed by atoms with Crippen LogP contribution in [-0.4, -0.2) is 35.0 Å². The molecule has 1 aromatic rings. The van der Waals surface area contributed by atoms with Gasteiger partial charge in [-0.15, -0.1) is 0 Å². The Labute approximate surface area is 111 Å². The fourth-order valence-electron chi connectivity index (χ4n) is 2.36. The van der Waals surface area contributed by atoms with Crippen molar-refractivity contribution in [3.63, 3.8) is 0 Å². The highest BCUT2D eigenvalue weighted by Crippen LogP contribution is 2.29. The van der Waals surface area contributed by atoms with Gasteiger partial charge in [-0.3, -0.25) is 0 Å². The number of hydrogen-bond acceptors (Lipinski definition) is 4. The standard InChI is InChI=1S/C12H18BrN3O/c1-9-11(14-8-15-12(9)17-2)16-6-4-3-5-10(16)7-13/h8,10H,3-7H2,1-2H3. The lowest BCUT2D eigenvalue weighted by atomic mass is 10.0. The molecule has 0 amide bonds. The van der Waals surface area contributed by atoms with E-state index in [4.69, 9.17) is 4.74 Å². The first-order valence-corrected chi connectivity index (χ1v) is 7.08. The van der Waals surface area contributed by atoms with Crippen molar-refractivity contribution in [2.75, 3.05) is 23.9 Å². The quantitative estimate of drug-likeness (QED) is 0.804. The van der Waals surface area contributed by atoms with Crippen molar-refractivity contribution >= 4 is 21.7 Å². The molecule has 1 unspecified atom stereocenters. The van der Waals surface area contributed by atoms with E-state index in [9.17, 15) is 0 Å². The van der Waals surface area contributed by atoms with E-state index < -0.39 is 0 Å². The van der Waals surface area contributed by atoms with Gasteiger partial charge in [0.25, 0.3) is 0 Å². The minimum atomic E-state index is 0.530. The highest BCUT2D eigenvalue weighted by molar-refractivity contribution is 9.09. The minimum absolute atomic E-state index is 0.530. The van der Waals surface area contributed by atoms with Crippen molar-refractivity contribution in [3.8, 4) is 5.88 Å². The summed E-state index contributed by atoms with van der Waals surface area (Å²) in [6.45, 7) is 3.09. The average Bonchev–Trinajstić information content (AvgIpc) is 2.39. The summed E-state index contributed by atoms with van der Waals surface area (Å²) in [5.41, 5.74) is 1.03. The van der Waals surface area contributed by atoms with Crippen molar-refractivity contribution in [3.05, 3.63) is 11.9 Å². The fraction of sp³-hybridized carbons (Fsp3) is 0.667. The Morgan fingerprint density at radius 3 is 3.00 bits per heavy atom. The molecule has 1 aliphatic rings. The van der Waals surface area contributed by atoms with Crippen LogP contribution < -0.4 is 9.64 Å². The van der Waals surface area contributed by atoms with E-state index in [0.717, 1.165) is 23.3 Å². The van der Waals surface area contributed by atoms with E-state index in [2.05, 4.69) is 30.8 Å². The molecule has 1 atom stereocenters. The van der Waals surface area contributed by atoms with Crippen LogP contribution in [0.5, 0.6) is 5.88 Å². The van der Waals surface area contributed by atoms with Gasteiger partial charge in [-0.1, -0.05) is 15.9 Å². The molecule has 1 aliphatic heterocycles. The number of nitrogens with zero attached hydrogens (tertiary/aromatic N) is 3. The van der Waals surface area contributed by atoms with Crippen molar-refractivity contribution < 1.29 is 4.74 Å². The van der Waals surface area contributed by atoms with Crippen LogP contribution >= 0.6 is 15.9 Å². The van der Waals surface area contributed by atoms with E-state index in [-0.39, 0.29) is 0 Å². The Morgan fingerprint density at radius 1 is 1.47 bits per heavy atom. The number of ether oxygens (including phenoxy) is 1. The van der Waals surface area contributed by atoms with Crippen LogP contribution in [0.25, 0.3) is 0 Å². The van der Waals surface area contributed by atoms with Crippen LogP contribution in [0.4, 0.5) is 5.82 Å². The lowest BCUT2D eigenvalue weighted by Gasteiger charge is -2.36. The second-order valence-electron chi connectivity index (χ2n) is 4.33. The van der Waals surface area contributed by atoms with Crippen LogP contribution in [0, 0.1) is 6.92 Å². The van der Waals surface area contributed by atoms with Gasteiger partial charge in [0.15, 0.2) is 0 Å². The molecule has 0 aliphatic carbocycles. The van der Waals surface area contributed by atoms with Crippen LogP contribution in [-0.2, 0) is 0 Å². The molecule has 17 heavy (non-hydrogen) atoms. The van der Waals surface area contributed by atoms with Gasteiger partial charge in [-0.05, 0) is 26.2 Å². The van der Waals surface area contributed by atoms with Crippen molar-refractivity contribution in [2.45, 2.75) is 32.2 Å². The number of rotatable bonds is 3. The third-order valence-corrected chi connectivity index (χ3v) is 4.03. The molecule has 94 valence electrons. The monoisotopic (exact) mass is 299 g/mol. The summed E-state index contributed by atoms with van der Waals surface area (Å²) in [4.78, 5) is 10.9. The zero-order chi connectivity index (χ0) is 12.3. The van der Waals surface area contributed by atoms with Crippen molar-refractivity contribution in [1.29, 1.82) is 0 Å². The Morgan fingerprint density at radius 2 is 2.29 bits per heavy atom. The molecule has 1 aromatic heterocycles. The van der Waals surface area contributed by atoms with Gasteiger partial charge in [0, 0.05) is 17.9 Å². The molecular formula is C12H18BrN3O. The van der Waals surface area contributed by atoms with Gasteiger partial charge in [-0.2, -0.15) is 0 Å². The number of methoxy groups -OCH3 is 1. The zero-order valence-corrected chi connectivity index (χ0v) is 11.9. The van der Waals surface area contributed by atoms with E-state index in [1.54, 1.807) is 13.4 Å². The predicted molar refractivity (Wildman–Crippen MR) is 72.1 cm³/mol. The third-order valence-electron chi connectivity index (χ3n) is 3.28. The zero-order valence-electron chi connectivity index (χ0n) is 10.3. The SMILES string of the molecule is COc1ncnc(N2CCCCC2CBr)c1C. The van der Waals surface area contributed by atoms with E-state index >= 15 is 0 Å². The summed E-state index contributed by atoms with van der Waals surface area (Å²) in [6, 6.07) is 0.530. The summed E-state index contributed by atoms with van der Waals surface area (Å²) < 4.78 is 5.26. The molecule has 4 nitrogen and oxygen atoms in total. The summed E-state index contributed by atoms with van der Waals surface area (Å²) in [5.74, 6) is 1.69. The molecular weight excluding hydrogens is 282 g/mol. The van der Waals surface area contributed by atoms with Gasteiger partial charge in [-0.25, -0.2) is 9.97 Å². The van der Waals surface area contributed by atoms with Gasteiger partial charge in [0.2, 0.25) is 5.88 Å². The first-order valence-electron chi connectivity index (χ1n) is 5.96. The molecule has 0 bridgehead atoms. The highest BCUT2D eigenvalue weighted by atomic mass is 79.9. The number of piperidine rings is 1. The molecule has 0 radical (unpaired) electrons. The Hall–Kier alpha value is -0.840. The second kappa shape index (κ2) is 5.67. The first kappa shape index (κ1) is 12.6. The molecule has 0 spiro atoms. The van der Waals surface area contributed by atoms with Gasteiger partial charge >= 0.3 is 0 Å². The third kappa shape index (κ3) is 2.54. The minimum Gasteiger partial charge on any atom is -0.481 e. The van der Waals surface area contributed by atoms with Gasteiger partial charge in [0.05, 0.1) is 12.7 Å². The van der Waals surface area contributed by atoms with Crippen LogP contribution in [0.1, 0.15) is 24.8 Å². The topological polar surface area (TPSA) is 38.3 Å². The molecule has 0 N–H and O–H groups in total. The summed E-state index contributed by atoms with van der Waals surface area (Å²) in [7, 11) is 1.65. The van der Waals surface area contributed by atoms with Gasteiger partial charge < -0.3 is 9.64 Å². The summed E-state index contributed by atoms with van der Waals surface area (Å²) >= 11 is 3.59. The summed E-state index contributed by atoms with van der Waals surface area (Å²) in [5, 5.41) is 0.985. The average molecular weight is 300 g/mol. The Balaban J connectivity index is 2.31. The molecule has 1 fully saturated rings. The van der Waals surface area contributed by atoms with Crippen molar-refractivity contribution in [2.24, 2.45) is 0 Å². The Bertz CT molecular complexity index is 386. The maximum atomic E-state index is 5.26. The van der Waals surface area contributed by atoms with Crippen molar-refractivity contribution in [1.82, 2.24) is 9.97 Å². The van der Waals surface area contributed by atoms with Crippen LogP contribution in [0.15, 0.2) is 6.33 Å². The van der Waals surface area contributed by atoms with E-state index in [1.165, 1.54) is 19.3 Å². The van der Waals surface area contributed by atoms with E-state index in [0.29, 0.717) is 11.9 Å². The molecule has 2 rings (SSSR count). The van der Waals surface area contributed by atoms with E-state index in [1.807, 2.05) is 6.92 Å². The molecule has 1 saturated heterocycles. The lowest BCUT2D eigenvalue weighted by molar-refractivity contribution is 0.392. The predicted octanol–water partition coefficient (Wildman–Crippen LogP) is 2.55. The largest absolute Gasteiger partial charge is 0.481 e. The first-order chi connectivity index (χ1) is 8.27. The normalized spacial score (nSPS) is 20.4. The number of aromatic nitrogens is 2. The fourth-order valence-corrected chi connectivity index (χ4v) is 3.03. The number of hydrogen-bond donors (Lipinski definition) is 0. The molecule has 0 aromatic carbocycles. The second-order valence-corrected chi connectivity index (χ2v) is 4.98. The van der Waals surface area contributed by atoms with Crippen LogP contribution in [0.3, 0.4) is 0 Å². The smallest absolute Gasteiger partial charge is 0.221 e. The Kier molecular flexibility index (Phi) is 4.20. The maximum Gasteiger partial charge on any atom is 0.221 e. The maximum absolute atomic E-state index is 5.26. The molecule has 0 saturated carbocycles. The summed E-state index contributed by atoms with van der Waals surface area (Å²) in [6.07, 6.45) is 5.33. The highest BCUT2D eigenvalue weighted by Gasteiger charge is 2.24. The lowest BCUT2D eigenvalue weighted by Crippen LogP contribution is -2.41. The number of halogens is 1. The van der Waals surface area contributed by atoms with Gasteiger partial charge in [0.1, 0.15) is 12.1 Å². The number of alkyl halides is 1.